The van der Waals surface area contributed by atoms with Crippen molar-refractivity contribution in [3.63, 3.8) is 0 Å². The lowest BCUT2D eigenvalue weighted by atomic mass is 10.1. The number of rotatable bonds is 6. The summed E-state index contributed by atoms with van der Waals surface area (Å²) in [6.45, 7) is 4.29. The van der Waals surface area contributed by atoms with Crippen LogP contribution in [0.5, 0.6) is 0 Å². The monoisotopic (exact) mass is 330 g/mol. The van der Waals surface area contributed by atoms with Crippen LogP contribution in [0.3, 0.4) is 0 Å². The fourth-order valence-corrected chi connectivity index (χ4v) is 2.75. The van der Waals surface area contributed by atoms with Gasteiger partial charge in [-0.3, -0.25) is 4.79 Å². The second-order valence-corrected chi connectivity index (χ2v) is 6.79. The highest BCUT2D eigenvalue weighted by atomic mass is 79.9. The van der Waals surface area contributed by atoms with Crippen molar-refractivity contribution in [3.8, 4) is 0 Å². The van der Waals surface area contributed by atoms with Crippen molar-refractivity contribution < 1.29 is 4.79 Å². The number of carbonyl (C=O) groups excluding carboxylic acids is 1. The number of hydrogen-bond acceptors (Lipinski definition) is 3. The van der Waals surface area contributed by atoms with Gasteiger partial charge in [0.2, 0.25) is 5.91 Å². The van der Waals surface area contributed by atoms with Gasteiger partial charge in [0.25, 0.3) is 0 Å². The first-order chi connectivity index (χ1) is 8.38. The molecule has 1 aromatic rings. The average Bonchev–Trinajstić information content (AvgIpc) is 2.28. The summed E-state index contributed by atoms with van der Waals surface area (Å²) in [7, 11) is 0. The molecular formula is C13H19BrN2OS. The number of thioether (sulfide) groups is 1. The number of amides is 1. The van der Waals surface area contributed by atoms with Gasteiger partial charge >= 0.3 is 0 Å². The fraction of sp³-hybridized carbons (Fsp3) is 0.462. The molecule has 1 amide bonds. The van der Waals surface area contributed by atoms with Gasteiger partial charge in [-0.15, -0.1) is 11.8 Å². The first-order valence-corrected chi connectivity index (χ1v) is 7.59. The molecule has 0 atom stereocenters. The topological polar surface area (TPSA) is 55.1 Å². The number of halogens is 1. The maximum Gasteiger partial charge on any atom is 0.220 e. The predicted octanol–water partition coefficient (Wildman–Crippen LogP) is 2.78. The van der Waals surface area contributed by atoms with E-state index < -0.39 is 0 Å². The summed E-state index contributed by atoms with van der Waals surface area (Å²) in [5, 5.41) is 2.83. The summed E-state index contributed by atoms with van der Waals surface area (Å²) in [6.07, 6.45) is 0.502. The van der Waals surface area contributed by atoms with Crippen LogP contribution in [0.2, 0.25) is 0 Å². The van der Waals surface area contributed by atoms with Crippen molar-refractivity contribution in [2.45, 2.75) is 30.7 Å². The zero-order chi connectivity index (χ0) is 13.6. The van der Waals surface area contributed by atoms with E-state index in [0.29, 0.717) is 13.0 Å². The van der Waals surface area contributed by atoms with E-state index in [2.05, 4.69) is 21.2 Å². The van der Waals surface area contributed by atoms with E-state index >= 15 is 0 Å². The summed E-state index contributed by atoms with van der Waals surface area (Å²) in [4.78, 5) is 12.7. The molecule has 18 heavy (non-hydrogen) atoms. The minimum absolute atomic E-state index is 0.0491. The summed E-state index contributed by atoms with van der Waals surface area (Å²) >= 11 is 5.15. The van der Waals surface area contributed by atoms with Crippen LogP contribution < -0.4 is 11.1 Å². The minimum Gasteiger partial charge on any atom is -0.354 e. The molecule has 0 aliphatic heterocycles. The molecule has 100 valence electrons. The Bertz CT molecular complexity index is 404. The molecule has 0 saturated heterocycles. The maximum atomic E-state index is 11.6. The molecule has 0 aromatic heterocycles. The molecule has 3 nitrogen and oxygen atoms in total. The Morgan fingerprint density at radius 3 is 2.72 bits per heavy atom. The van der Waals surface area contributed by atoms with Gasteiger partial charge in [-0.05, 0) is 41.9 Å². The van der Waals surface area contributed by atoms with Gasteiger partial charge in [-0.25, -0.2) is 0 Å². The van der Waals surface area contributed by atoms with Gasteiger partial charge in [0.15, 0.2) is 0 Å². The van der Waals surface area contributed by atoms with Gasteiger partial charge in [-0.1, -0.05) is 12.1 Å². The zero-order valence-electron chi connectivity index (χ0n) is 10.7. The van der Waals surface area contributed by atoms with Crippen molar-refractivity contribution in [2.75, 3.05) is 12.3 Å². The molecule has 0 spiro atoms. The van der Waals surface area contributed by atoms with Crippen molar-refractivity contribution in [3.05, 3.63) is 28.7 Å². The lowest BCUT2D eigenvalue weighted by Crippen LogP contribution is -2.45. The van der Waals surface area contributed by atoms with Gasteiger partial charge in [0, 0.05) is 33.6 Å². The van der Waals surface area contributed by atoms with Crippen LogP contribution in [0.15, 0.2) is 33.6 Å². The molecule has 0 bridgehead atoms. The third-order valence-corrected chi connectivity index (χ3v) is 4.19. The van der Waals surface area contributed by atoms with Gasteiger partial charge in [0.05, 0.1) is 0 Å². The third kappa shape index (κ3) is 6.42. The molecule has 0 saturated carbocycles. The van der Waals surface area contributed by atoms with Gasteiger partial charge in [-0.2, -0.15) is 0 Å². The number of carbonyl (C=O) groups is 1. The Kier molecular flexibility index (Phi) is 6.18. The van der Waals surface area contributed by atoms with Crippen molar-refractivity contribution in [1.29, 1.82) is 0 Å². The van der Waals surface area contributed by atoms with Crippen LogP contribution in [-0.4, -0.2) is 23.7 Å². The summed E-state index contributed by atoms with van der Waals surface area (Å²) in [5.41, 5.74) is 5.44. The lowest BCUT2D eigenvalue weighted by Gasteiger charge is -2.18. The Morgan fingerprint density at radius 1 is 1.44 bits per heavy atom. The molecule has 0 unspecified atom stereocenters. The van der Waals surface area contributed by atoms with E-state index in [1.165, 1.54) is 0 Å². The minimum atomic E-state index is -0.356. The standard InChI is InChI=1S/C13H19BrN2OS/c1-13(2,15)9-16-12(17)7-8-18-11-6-4-3-5-10(11)14/h3-6H,7-9,15H2,1-2H3,(H,16,17). The van der Waals surface area contributed by atoms with E-state index in [-0.39, 0.29) is 11.4 Å². The van der Waals surface area contributed by atoms with Crippen LogP contribution in [0, 0.1) is 0 Å². The van der Waals surface area contributed by atoms with Crippen molar-refractivity contribution in [1.82, 2.24) is 5.32 Å². The van der Waals surface area contributed by atoms with Crippen LogP contribution in [0.4, 0.5) is 0 Å². The molecule has 1 aromatic carbocycles. The first-order valence-electron chi connectivity index (χ1n) is 5.81. The van der Waals surface area contributed by atoms with E-state index in [4.69, 9.17) is 5.73 Å². The van der Waals surface area contributed by atoms with Crippen LogP contribution in [-0.2, 0) is 4.79 Å². The van der Waals surface area contributed by atoms with Crippen molar-refractivity contribution >= 4 is 33.6 Å². The highest BCUT2D eigenvalue weighted by Crippen LogP contribution is 2.27. The summed E-state index contributed by atoms with van der Waals surface area (Å²) < 4.78 is 1.07. The largest absolute Gasteiger partial charge is 0.354 e. The summed E-state index contributed by atoms with van der Waals surface area (Å²) in [5.74, 6) is 0.812. The van der Waals surface area contributed by atoms with Crippen LogP contribution in [0.25, 0.3) is 0 Å². The van der Waals surface area contributed by atoms with Crippen molar-refractivity contribution in [2.24, 2.45) is 5.73 Å². The molecule has 0 aliphatic carbocycles. The van der Waals surface area contributed by atoms with E-state index in [0.717, 1.165) is 15.1 Å². The molecule has 0 fully saturated rings. The normalized spacial score (nSPS) is 11.3. The highest BCUT2D eigenvalue weighted by Gasteiger charge is 2.12. The second-order valence-electron chi connectivity index (χ2n) is 4.79. The Morgan fingerprint density at radius 2 is 2.11 bits per heavy atom. The van der Waals surface area contributed by atoms with Gasteiger partial charge in [0.1, 0.15) is 0 Å². The second kappa shape index (κ2) is 7.16. The quantitative estimate of drug-likeness (QED) is 0.788. The number of nitrogens with two attached hydrogens (primary N) is 1. The SMILES string of the molecule is CC(C)(N)CNC(=O)CCSc1ccccc1Br. The first kappa shape index (κ1) is 15.5. The van der Waals surface area contributed by atoms with Crippen LogP contribution in [0.1, 0.15) is 20.3 Å². The Hall–Kier alpha value is -0.520. The number of nitrogens with one attached hydrogen (secondary N) is 1. The van der Waals surface area contributed by atoms with E-state index in [1.807, 2.05) is 38.1 Å². The molecule has 3 N–H and O–H groups in total. The molecule has 5 heteroatoms. The van der Waals surface area contributed by atoms with E-state index in [9.17, 15) is 4.79 Å². The fourth-order valence-electron chi connectivity index (χ4n) is 1.23. The van der Waals surface area contributed by atoms with Gasteiger partial charge < -0.3 is 11.1 Å². The summed E-state index contributed by atoms with van der Waals surface area (Å²) in [6, 6.07) is 8.00. The maximum absolute atomic E-state index is 11.6. The smallest absolute Gasteiger partial charge is 0.220 e. The molecule has 0 heterocycles. The highest BCUT2D eigenvalue weighted by molar-refractivity contribution is 9.10. The molecule has 1 rings (SSSR count). The zero-order valence-corrected chi connectivity index (χ0v) is 13.1. The Labute approximate surface area is 121 Å². The molecular weight excluding hydrogens is 312 g/mol. The molecule has 0 radical (unpaired) electrons. The third-order valence-electron chi connectivity index (χ3n) is 2.16. The predicted molar refractivity (Wildman–Crippen MR) is 80.8 cm³/mol. The lowest BCUT2D eigenvalue weighted by molar-refractivity contribution is -0.120. The number of hydrogen-bond donors (Lipinski definition) is 2. The van der Waals surface area contributed by atoms with Crippen LogP contribution >= 0.6 is 27.7 Å². The Balaban J connectivity index is 2.26. The average molecular weight is 331 g/mol. The molecule has 0 aliphatic rings. The van der Waals surface area contributed by atoms with E-state index in [1.54, 1.807) is 11.8 Å². The number of benzene rings is 1.